The van der Waals surface area contributed by atoms with Crippen LogP contribution >= 0.6 is 11.6 Å². The van der Waals surface area contributed by atoms with Gasteiger partial charge < -0.3 is 10.2 Å². The van der Waals surface area contributed by atoms with E-state index in [1.807, 2.05) is 0 Å². The molecule has 1 aliphatic heterocycles. The Labute approximate surface area is 128 Å². The highest BCUT2D eigenvalue weighted by molar-refractivity contribution is 7.91. The van der Waals surface area contributed by atoms with Crippen molar-refractivity contribution in [2.75, 3.05) is 24.6 Å². The van der Waals surface area contributed by atoms with E-state index in [-0.39, 0.29) is 35.6 Å². The predicted octanol–water partition coefficient (Wildman–Crippen LogP) is 1.98. The topological polar surface area (TPSA) is 66.5 Å². The summed E-state index contributed by atoms with van der Waals surface area (Å²) in [6, 6.07) is 3.23. The lowest BCUT2D eigenvalue weighted by Crippen LogP contribution is -2.48. The third kappa shape index (κ3) is 4.07. The van der Waals surface area contributed by atoms with Gasteiger partial charge in [0.2, 0.25) is 0 Å². The lowest BCUT2D eigenvalue weighted by Gasteiger charge is -2.28. The molecule has 2 amide bonds. The molecule has 1 heterocycles. The van der Waals surface area contributed by atoms with Crippen LogP contribution in [0.1, 0.15) is 18.5 Å². The van der Waals surface area contributed by atoms with Crippen LogP contribution in [-0.4, -0.2) is 43.9 Å². The predicted molar refractivity (Wildman–Crippen MR) is 78.6 cm³/mol. The van der Waals surface area contributed by atoms with Gasteiger partial charge in [-0.15, -0.1) is 0 Å². The highest BCUT2D eigenvalue weighted by Crippen LogP contribution is 2.23. The standard InChI is InChI=1S/C13H16ClFN2O3S/c1-9(11-3-2-10(15)8-12(11)14)16-13(18)17-4-6-21(19,20)7-5-17/h2-3,8-9H,4-7H2,1H3,(H,16,18)/t9-/m0/s1. The van der Waals surface area contributed by atoms with E-state index in [0.29, 0.717) is 5.56 Å². The second-order valence-corrected chi connectivity index (χ2v) is 7.69. The van der Waals surface area contributed by atoms with E-state index in [4.69, 9.17) is 11.6 Å². The molecule has 0 unspecified atom stereocenters. The summed E-state index contributed by atoms with van der Waals surface area (Å²) in [6.45, 7) is 2.09. The molecular formula is C13H16ClFN2O3S. The van der Waals surface area contributed by atoms with Crippen molar-refractivity contribution in [3.8, 4) is 0 Å². The number of benzene rings is 1. The summed E-state index contributed by atoms with van der Waals surface area (Å²) >= 11 is 5.95. The molecule has 21 heavy (non-hydrogen) atoms. The summed E-state index contributed by atoms with van der Waals surface area (Å²) in [5.41, 5.74) is 0.607. The minimum Gasteiger partial charge on any atom is -0.331 e. The molecule has 1 atom stereocenters. The fourth-order valence-corrected chi connectivity index (χ4v) is 3.65. The Kier molecular flexibility index (Phi) is 4.73. The number of halogens is 2. The van der Waals surface area contributed by atoms with Crippen LogP contribution in [0.5, 0.6) is 0 Å². The Morgan fingerprint density at radius 2 is 2.00 bits per heavy atom. The van der Waals surface area contributed by atoms with Gasteiger partial charge in [0.25, 0.3) is 0 Å². The molecular weight excluding hydrogens is 319 g/mol. The average molecular weight is 335 g/mol. The van der Waals surface area contributed by atoms with Crippen molar-refractivity contribution in [2.45, 2.75) is 13.0 Å². The fraction of sp³-hybridized carbons (Fsp3) is 0.462. The second-order valence-electron chi connectivity index (χ2n) is 4.98. The molecule has 8 heteroatoms. The maximum Gasteiger partial charge on any atom is 0.317 e. The molecule has 0 radical (unpaired) electrons. The van der Waals surface area contributed by atoms with Gasteiger partial charge in [-0.25, -0.2) is 17.6 Å². The van der Waals surface area contributed by atoms with Crippen molar-refractivity contribution >= 4 is 27.5 Å². The van der Waals surface area contributed by atoms with Crippen LogP contribution in [0, 0.1) is 5.82 Å². The molecule has 0 aliphatic carbocycles. The molecule has 1 aliphatic rings. The number of hydrogen-bond acceptors (Lipinski definition) is 3. The van der Waals surface area contributed by atoms with Crippen molar-refractivity contribution < 1.29 is 17.6 Å². The molecule has 1 fully saturated rings. The van der Waals surface area contributed by atoms with Crippen molar-refractivity contribution in [3.05, 3.63) is 34.6 Å². The smallest absolute Gasteiger partial charge is 0.317 e. The monoisotopic (exact) mass is 334 g/mol. The molecule has 1 aromatic rings. The van der Waals surface area contributed by atoms with Gasteiger partial charge in [0.1, 0.15) is 5.82 Å². The molecule has 2 rings (SSSR count). The summed E-state index contributed by atoms with van der Waals surface area (Å²) in [7, 11) is -3.03. The van der Waals surface area contributed by atoms with E-state index >= 15 is 0 Å². The number of hydrogen-bond donors (Lipinski definition) is 1. The number of carbonyl (C=O) groups is 1. The number of nitrogens with zero attached hydrogens (tertiary/aromatic N) is 1. The van der Waals surface area contributed by atoms with E-state index in [1.54, 1.807) is 6.92 Å². The number of sulfone groups is 1. The van der Waals surface area contributed by atoms with Gasteiger partial charge >= 0.3 is 6.03 Å². The zero-order valence-electron chi connectivity index (χ0n) is 11.5. The maximum atomic E-state index is 13.0. The Hall–Kier alpha value is -1.34. The highest BCUT2D eigenvalue weighted by atomic mass is 35.5. The zero-order valence-corrected chi connectivity index (χ0v) is 13.0. The van der Waals surface area contributed by atoms with Gasteiger partial charge in [0.15, 0.2) is 9.84 Å². The first-order chi connectivity index (χ1) is 9.78. The number of urea groups is 1. The summed E-state index contributed by atoms with van der Waals surface area (Å²) in [5.74, 6) is -0.485. The first-order valence-electron chi connectivity index (χ1n) is 6.49. The minimum atomic E-state index is -3.03. The second kappa shape index (κ2) is 6.19. The Morgan fingerprint density at radius 1 is 1.38 bits per heavy atom. The molecule has 1 N–H and O–H groups in total. The van der Waals surface area contributed by atoms with Crippen LogP contribution in [0.15, 0.2) is 18.2 Å². The van der Waals surface area contributed by atoms with Crippen molar-refractivity contribution in [2.24, 2.45) is 0 Å². The molecule has 0 aromatic heterocycles. The van der Waals surface area contributed by atoms with Crippen molar-refractivity contribution in [3.63, 3.8) is 0 Å². The zero-order chi connectivity index (χ0) is 15.6. The highest BCUT2D eigenvalue weighted by Gasteiger charge is 2.26. The van der Waals surface area contributed by atoms with Crippen LogP contribution in [-0.2, 0) is 9.84 Å². The van der Waals surface area contributed by atoms with E-state index in [2.05, 4.69) is 5.32 Å². The Morgan fingerprint density at radius 3 is 2.57 bits per heavy atom. The van der Waals surface area contributed by atoms with Crippen molar-refractivity contribution in [1.29, 1.82) is 0 Å². The minimum absolute atomic E-state index is 0.0217. The third-order valence-corrected chi connectivity index (χ3v) is 5.34. The van der Waals surface area contributed by atoms with Gasteiger partial charge in [0.05, 0.1) is 17.5 Å². The van der Waals surface area contributed by atoms with Crippen molar-refractivity contribution in [1.82, 2.24) is 10.2 Å². The normalized spacial score (nSPS) is 19.1. The molecule has 0 bridgehead atoms. The molecule has 0 spiro atoms. The number of nitrogens with one attached hydrogen (secondary N) is 1. The quantitative estimate of drug-likeness (QED) is 0.899. The maximum absolute atomic E-state index is 13.0. The summed E-state index contributed by atoms with van der Waals surface area (Å²) in [6.07, 6.45) is 0. The van der Waals surface area contributed by atoms with Crippen LogP contribution < -0.4 is 5.32 Å². The SMILES string of the molecule is C[C@H](NC(=O)N1CCS(=O)(=O)CC1)c1ccc(F)cc1Cl. The Balaban J connectivity index is 1.99. The van der Waals surface area contributed by atoms with E-state index in [9.17, 15) is 17.6 Å². The molecule has 1 saturated heterocycles. The first-order valence-corrected chi connectivity index (χ1v) is 8.69. The lowest BCUT2D eigenvalue weighted by molar-refractivity contribution is 0.199. The van der Waals surface area contributed by atoms with Crippen LogP contribution in [0.25, 0.3) is 0 Å². The summed E-state index contributed by atoms with van der Waals surface area (Å²) < 4.78 is 35.7. The Bertz CT molecular complexity index is 637. The van der Waals surface area contributed by atoms with Gasteiger partial charge in [-0.2, -0.15) is 0 Å². The van der Waals surface area contributed by atoms with E-state index < -0.39 is 21.7 Å². The number of carbonyl (C=O) groups excluding carboxylic acids is 1. The largest absolute Gasteiger partial charge is 0.331 e. The van der Waals surface area contributed by atoms with Gasteiger partial charge in [-0.1, -0.05) is 17.7 Å². The van der Waals surface area contributed by atoms with Crippen LogP contribution in [0.2, 0.25) is 5.02 Å². The number of rotatable bonds is 2. The average Bonchev–Trinajstić information content (AvgIpc) is 2.38. The molecule has 5 nitrogen and oxygen atoms in total. The van der Waals surface area contributed by atoms with Gasteiger partial charge in [-0.3, -0.25) is 0 Å². The van der Waals surface area contributed by atoms with E-state index in [0.717, 1.165) is 0 Å². The first kappa shape index (κ1) is 16.0. The van der Waals surface area contributed by atoms with Gasteiger partial charge in [-0.05, 0) is 24.6 Å². The van der Waals surface area contributed by atoms with Crippen LogP contribution in [0.3, 0.4) is 0 Å². The summed E-state index contributed by atoms with van der Waals surface area (Å²) in [4.78, 5) is 13.5. The van der Waals surface area contributed by atoms with Gasteiger partial charge in [0, 0.05) is 18.1 Å². The van der Waals surface area contributed by atoms with Crippen LogP contribution in [0.4, 0.5) is 9.18 Å². The lowest BCUT2D eigenvalue weighted by atomic mass is 10.1. The molecule has 116 valence electrons. The third-order valence-electron chi connectivity index (χ3n) is 3.40. The molecule has 1 aromatic carbocycles. The number of amides is 2. The molecule has 0 saturated carbocycles. The fourth-order valence-electron chi connectivity index (χ4n) is 2.12. The van der Waals surface area contributed by atoms with E-state index in [1.165, 1.54) is 23.1 Å². The summed E-state index contributed by atoms with van der Waals surface area (Å²) in [5, 5.41) is 2.98.